The molecule has 1 saturated carbocycles. The standard InChI is InChI=1S/C13H13F4NO3/c14-11-3-7(1-2-10(11)13(15,16)17)6-21-9-4-8(5-9)18-12(19)20/h1-3,8-9,18H,4-6H2,(H,19,20)/t8-,9-. The highest BCUT2D eigenvalue weighted by atomic mass is 19.4. The summed E-state index contributed by atoms with van der Waals surface area (Å²) in [5.74, 6) is -1.33. The van der Waals surface area contributed by atoms with Crippen molar-refractivity contribution in [2.75, 3.05) is 0 Å². The molecule has 1 amide bonds. The van der Waals surface area contributed by atoms with Crippen LogP contribution < -0.4 is 5.32 Å². The van der Waals surface area contributed by atoms with Gasteiger partial charge in [-0.15, -0.1) is 0 Å². The fourth-order valence-corrected chi connectivity index (χ4v) is 2.09. The molecule has 2 N–H and O–H groups in total. The van der Waals surface area contributed by atoms with E-state index in [2.05, 4.69) is 5.32 Å². The van der Waals surface area contributed by atoms with Crippen molar-refractivity contribution in [3.8, 4) is 0 Å². The lowest BCUT2D eigenvalue weighted by molar-refractivity contribution is -0.140. The number of benzene rings is 1. The van der Waals surface area contributed by atoms with Gasteiger partial charge in [-0.25, -0.2) is 9.18 Å². The molecule has 1 aliphatic rings. The number of ether oxygens (including phenoxy) is 1. The van der Waals surface area contributed by atoms with Crippen LogP contribution in [0.2, 0.25) is 0 Å². The Morgan fingerprint density at radius 3 is 2.57 bits per heavy atom. The molecule has 0 spiro atoms. The number of amides is 1. The predicted molar refractivity (Wildman–Crippen MR) is 64.2 cm³/mol. The monoisotopic (exact) mass is 307 g/mol. The first-order valence-corrected chi connectivity index (χ1v) is 6.22. The van der Waals surface area contributed by atoms with E-state index < -0.39 is 23.7 Å². The molecule has 0 radical (unpaired) electrons. The third-order valence-electron chi connectivity index (χ3n) is 3.25. The SMILES string of the molecule is O=C(O)N[C@H]1C[C@H](OCc2ccc(C(F)(F)F)c(F)c2)C1. The molecule has 1 fully saturated rings. The van der Waals surface area contributed by atoms with Crippen molar-refractivity contribution in [2.45, 2.75) is 37.8 Å². The van der Waals surface area contributed by atoms with Crippen LogP contribution in [0.15, 0.2) is 18.2 Å². The molecule has 0 atom stereocenters. The Labute approximate surface area is 117 Å². The van der Waals surface area contributed by atoms with E-state index in [1.165, 1.54) is 0 Å². The molecule has 2 rings (SSSR count). The van der Waals surface area contributed by atoms with Crippen LogP contribution in [0.3, 0.4) is 0 Å². The molecule has 0 unspecified atom stereocenters. The molecule has 21 heavy (non-hydrogen) atoms. The first kappa shape index (κ1) is 15.6. The average Bonchev–Trinajstić information content (AvgIpc) is 2.29. The molecular formula is C13H13F4NO3. The maximum atomic E-state index is 13.3. The van der Waals surface area contributed by atoms with Gasteiger partial charge in [-0.2, -0.15) is 13.2 Å². The van der Waals surface area contributed by atoms with Crippen LogP contribution in [0, 0.1) is 5.82 Å². The van der Waals surface area contributed by atoms with E-state index in [4.69, 9.17) is 9.84 Å². The van der Waals surface area contributed by atoms with E-state index in [9.17, 15) is 22.4 Å². The summed E-state index contributed by atoms with van der Waals surface area (Å²) < 4.78 is 55.8. The molecule has 1 aliphatic carbocycles. The quantitative estimate of drug-likeness (QED) is 0.840. The summed E-state index contributed by atoms with van der Waals surface area (Å²) in [6.07, 6.45) is -5.01. The summed E-state index contributed by atoms with van der Waals surface area (Å²) >= 11 is 0. The maximum Gasteiger partial charge on any atom is 0.419 e. The smallest absolute Gasteiger partial charge is 0.419 e. The van der Waals surface area contributed by atoms with Gasteiger partial charge in [0.15, 0.2) is 0 Å². The summed E-state index contributed by atoms with van der Waals surface area (Å²) in [7, 11) is 0. The number of carboxylic acid groups (broad SMARTS) is 1. The Bertz CT molecular complexity index is 527. The second-order valence-electron chi connectivity index (χ2n) is 4.86. The van der Waals surface area contributed by atoms with Crippen LogP contribution in [-0.4, -0.2) is 23.3 Å². The summed E-state index contributed by atoms with van der Waals surface area (Å²) in [5, 5.41) is 10.8. The highest BCUT2D eigenvalue weighted by Crippen LogP contribution is 2.32. The molecule has 1 aromatic carbocycles. The molecular weight excluding hydrogens is 294 g/mol. The lowest BCUT2D eigenvalue weighted by Gasteiger charge is -2.34. The molecule has 1 aromatic rings. The molecule has 0 aromatic heterocycles. The Balaban J connectivity index is 1.83. The minimum Gasteiger partial charge on any atom is -0.465 e. The first-order valence-electron chi connectivity index (χ1n) is 6.22. The molecule has 0 saturated heterocycles. The van der Waals surface area contributed by atoms with Gasteiger partial charge in [0.1, 0.15) is 5.82 Å². The van der Waals surface area contributed by atoms with Crippen molar-refractivity contribution >= 4 is 6.09 Å². The lowest BCUT2D eigenvalue weighted by atomic mass is 9.89. The van der Waals surface area contributed by atoms with Gasteiger partial charge in [0, 0.05) is 6.04 Å². The highest BCUT2D eigenvalue weighted by Gasteiger charge is 2.34. The first-order chi connectivity index (χ1) is 9.75. The van der Waals surface area contributed by atoms with Gasteiger partial charge in [-0.3, -0.25) is 0 Å². The fraction of sp³-hybridized carbons (Fsp3) is 0.462. The van der Waals surface area contributed by atoms with E-state index in [0.29, 0.717) is 24.5 Å². The zero-order valence-electron chi connectivity index (χ0n) is 10.8. The van der Waals surface area contributed by atoms with Gasteiger partial charge in [0.2, 0.25) is 0 Å². The van der Waals surface area contributed by atoms with E-state index in [1.54, 1.807) is 0 Å². The molecule has 0 aliphatic heterocycles. The van der Waals surface area contributed by atoms with Crippen LogP contribution in [-0.2, 0) is 17.5 Å². The fourth-order valence-electron chi connectivity index (χ4n) is 2.09. The second-order valence-corrected chi connectivity index (χ2v) is 4.86. The van der Waals surface area contributed by atoms with Crippen LogP contribution in [0.4, 0.5) is 22.4 Å². The Morgan fingerprint density at radius 1 is 1.38 bits per heavy atom. The van der Waals surface area contributed by atoms with Gasteiger partial charge < -0.3 is 15.2 Å². The van der Waals surface area contributed by atoms with Gasteiger partial charge >= 0.3 is 12.3 Å². The molecule has 8 heteroatoms. The summed E-state index contributed by atoms with van der Waals surface area (Å²) in [6.45, 7) is -0.0144. The predicted octanol–water partition coefficient (Wildman–Crippen LogP) is 3.16. The van der Waals surface area contributed by atoms with E-state index in [-0.39, 0.29) is 18.8 Å². The Kier molecular flexibility index (Phi) is 4.36. The number of hydrogen-bond donors (Lipinski definition) is 2. The lowest BCUT2D eigenvalue weighted by Crippen LogP contribution is -2.47. The number of carbonyl (C=O) groups is 1. The van der Waals surface area contributed by atoms with Crippen molar-refractivity contribution in [1.82, 2.24) is 5.32 Å². The largest absolute Gasteiger partial charge is 0.465 e. The van der Waals surface area contributed by atoms with Crippen molar-refractivity contribution < 1.29 is 32.2 Å². The number of hydrogen-bond acceptors (Lipinski definition) is 2. The van der Waals surface area contributed by atoms with Crippen molar-refractivity contribution in [2.24, 2.45) is 0 Å². The minimum atomic E-state index is -4.72. The van der Waals surface area contributed by atoms with Gasteiger partial charge in [-0.1, -0.05) is 6.07 Å². The normalized spacial score (nSPS) is 21.7. The van der Waals surface area contributed by atoms with Crippen LogP contribution in [0.5, 0.6) is 0 Å². The van der Waals surface area contributed by atoms with Crippen molar-refractivity contribution in [1.29, 1.82) is 0 Å². The van der Waals surface area contributed by atoms with Gasteiger partial charge in [0.05, 0.1) is 18.3 Å². The van der Waals surface area contributed by atoms with Gasteiger partial charge in [-0.05, 0) is 30.5 Å². The third-order valence-corrected chi connectivity index (χ3v) is 3.25. The Hall–Kier alpha value is -1.83. The summed E-state index contributed by atoms with van der Waals surface area (Å²) in [6, 6.07) is 2.48. The van der Waals surface area contributed by atoms with Crippen LogP contribution in [0.1, 0.15) is 24.0 Å². The number of nitrogens with one attached hydrogen (secondary N) is 1. The molecule has 4 nitrogen and oxygen atoms in total. The van der Waals surface area contributed by atoms with Crippen LogP contribution in [0.25, 0.3) is 0 Å². The molecule has 0 bridgehead atoms. The second kappa shape index (κ2) is 5.88. The topological polar surface area (TPSA) is 58.6 Å². The minimum absolute atomic E-state index is 0.0144. The zero-order valence-corrected chi connectivity index (χ0v) is 10.8. The average molecular weight is 307 g/mol. The number of rotatable bonds is 4. The van der Waals surface area contributed by atoms with Crippen molar-refractivity contribution in [3.05, 3.63) is 35.1 Å². The van der Waals surface area contributed by atoms with Crippen molar-refractivity contribution in [3.63, 3.8) is 0 Å². The summed E-state index contributed by atoms with van der Waals surface area (Å²) in [4.78, 5) is 10.4. The number of halogens is 4. The van der Waals surface area contributed by atoms with Gasteiger partial charge in [0.25, 0.3) is 0 Å². The van der Waals surface area contributed by atoms with E-state index in [1.807, 2.05) is 0 Å². The molecule has 116 valence electrons. The third kappa shape index (κ3) is 4.07. The van der Waals surface area contributed by atoms with E-state index in [0.717, 1.165) is 12.1 Å². The zero-order chi connectivity index (χ0) is 15.6. The Morgan fingerprint density at radius 2 is 2.05 bits per heavy atom. The number of alkyl halides is 3. The molecule has 0 heterocycles. The van der Waals surface area contributed by atoms with Crippen LogP contribution >= 0.6 is 0 Å². The summed E-state index contributed by atoms with van der Waals surface area (Å²) in [5.41, 5.74) is -1.00. The maximum absolute atomic E-state index is 13.3. The van der Waals surface area contributed by atoms with E-state index >= 15 is 0 Å². The highest BCUT2D eigenvalue weighted by molar-refractivity contribution is 5.65.